The van der Waals surface area contributed by atoms with E-state index < -0.39 is 11.2 Å². The molecule has 0 saturated carbocycles. The quantitative estimate of drug-likeness (QED) is 0.488. The molecule has 0 radical (unpaired) electrons. The average Bonchev–Trinajstić information content (AvgIpc) is 2.91. The number of H-pyrrole nitrogens is 2. The molecule has 0 aliphatic heterocycles. The van der Waals surface area contributed by atoms with Crippen molar-refractivity contribution in [1.29, 1.82) is 0 Å². The van der Waals surface area contributed by atoms with Crippen LogP contribution in [0.4, 0.5) is 0 Å². The van der Waals surface area contributed by atoms with Gasteiger partial charge in [0.2, 0.25) is 0 Å². The Morgan fingerprint density at radius 2 is 1.74 bits per heavy atom. The van der Waals surface area contributed by atoms with Crippen molar-refractivity contribution >= 4 is 0 Å². The van der Waals surface area contributed by atoms with E-state index in [-0.39, 0.29) is 5.56 Å². The maximum Gasteiger partial charge on any atom is 0.325 e. The van der Waals surface area contributed by atoms with Crippen LogP contribution in [0, 0.1) is 11.8 Å². The molecule has 1 aliphatic carbocycles. The van der Waals surface area contributed by atoms with Gasteiger partial charge in [-0.1, -0.05) is 42.2 Å². The van der Waals surface area contributed by atoms with Crippen LogP contribution >= 0.6 is 0 Å². The summed E-state index contributed by atoms with van der Waals surface area (Å²) in [6, 6.07) is 14.4. The summed E-state index contributed by atoms with van der Waals surface area (Å²) in [5, 5.41) is 0. The van der Waals surface area contributed by atoms with Crippen LogP contribution < -0.4 is 11.2 Å². The van der Waals surface area contributed by atoms with Crippen LogP contribution in [0.15, 0.2) is 58.3 Å². The van der Waals surface area contributed by atoms with Crippen molar-refractivity contribution in [2.75, 3.05) is 0 Å². The number of hydrogen-bond donors (Lipinski definition) is 2. The van der Waals surface area contributed by atoms with E-state index in [1.165, 1.54) is 28.5 Å². The van der Waals surface area contributed by atoms with Crippen molar-refractivity contribution in [2.45, 2.75) is 6.42 Å². The number of aromatic amines is 2. The summed E-state index contributed by atoms with van der Waals surface area (Å²) >= 11 is 0. The summed E-state index contributed by atoms with van der Waals surface area (Å²) < 4.78 is 0. The first kappa shape index (κ1) is 13.4. The van der Waals surface area contributed by atoms with E-state index in [2.05, 4.69) is 46.1 Å². The van der Waals surface area contributed by atoms with E-state index in [1.807, 2.05) is 18.2 Å². The van der Waals surface area contributed by atoms with Gasteiger partial charge >= 0.3 is 5.69 Å². The lowest BCUT2D eigenvalue weighted by Gasteiger charge is -2.00. The smallest absolute Gasteiger partial charge is 0.313 e. The van der Waals surface area contributed by atoms with Crippen LogP contribution in [-0.4, -0.2) is 9.97 Å². The fraction of sp³-hybridized carbons (Fsp3) is 0.0526. The van der Waals surface area contributed by atoms with E-state index in [9.17, 15) is 9.59 Å². The van der Waals surface area contributed by atoms with E-state index in [1.54, 1.807) is 0 Å². The zero-order valence-corrected chi connectivity index (χ0v) is 12.1. The third-order valence-corrected chi connectivity index (χ3v) is 3.95. The van der Waals surface area contributed by atoms with Gasteiger partial charge in [0.1, 0.15) is 5.56 Å². The molecule has 1 aromatic heterocycles. The highest BCUT2D eigenvalue weighted by Crippen LogP contribution is 2.36. The van der Waals surface area contributed by atoms with E-state index in [4.69, 9.17) is 0 Å². The third kappa shape index (κ3) is 2.39. The molecule has 1 aliphatic rings. The van der Waals surface area contributed by atoms with Crippen LogP contribution in [0.2, 0.25) is 0 Å². The first-order valence-corrected chi connectivity index (χ1v) is 7.26. The zero-order chi connectivity index (χ0) is 15.8. The molecule has 0 unspecified atom stereocenters. The third-order valence-electron chi connectivity index (χ3n) is 3.95. The predicted molar refractivity (Wildman–Crippen MR) is 88.3 cm³/mol. The van der Waals surface area contributed by atoms with Crippen LogP contribution in [-0.2, 0) is 6.42 Å². The van der Waals surface area contributed by atoms with Crippen molar-refractivity contribution in [1.82, 2.24) is 9.97 Å². The number of benzene rings is 2. The maximum atomic E-state index is 11.6. The lowest BCUT2D eigenvalue weighted by atomic mass is 10.0. The second-order valence-electron chi connectivity index (χ2n) is 5.44. The Labute approximate surface area is 131 Å². The highest BCUT2D eigenvalue weighted by atomic mass is 16.2. The van der Waals surface area contributed by atoms with E-state index >= 15 is 0 Å². The van der Waals surface area contributed by atoms with Crippen LogP contribution in [0.5, 0.6) is 0 Å². The van der Waals surface area contributed by atoms with Gasteiger partial charge in [-0.3, -0.25) is 9.78 Å². The molecular formula is C19H12N2O2. The number of aromatic nitrogens is 2. The molecule has 4 heteroatoms. The Morgan fingerprint density at radius 1 is 0.913 bits per heavy atom. The SMILES string of the molecule is O=c1[nH]cc(C#Cc2ccc3c(c2)Cc2ccccc2-3)c(=O)[nH]1. The molecule has 2 aromatic carbocycles. The van der Waals surface area contributed by atoms with Crippen molar-refractivity contribution in [2.24, 2.45) is 0 Å². The van der Waals surface area contributed by atoms with Crippen molar-refractivity contribution in [3.05, 3.63) is 91.8 Å². The molecule has 2 N–H and O–H groups in total. The molecule has 0 spiro atoms. The van der Waals surface area contributed by atoms with E-state index in [0.717, 1.165) is 12.0 Å². The second-order valence-corrected chi connectivity index (χ2v) is 5.44. The molecule has 1 heterocycles. The summed E-state index contributed by atoms with van der Waals surface area (Å²) in [6.07, 6.45) is 2.23. The van der Waals surface area contributed by atoms with Gasteiger partial charge in [0, 0.05) is 11.8 Å². The molecule has 0 bridgehead atoms. The molecule has 0 amide bonds. The second kappa shape index (κ2) is 5.15. The minimum Gasteiger partial charge on any atom is -0.313 e. The number of fused-ring (bicyclic) bond motifs is 3. The van der Waals surface area contributed by atoms with Crippen LogP contribution in [0.25, 0.3) is 11.1 Å². The van der Waals surface area contributed by atoms with Gasteiger partial charge < -0.3 is 4.98 Å². The van der Waals surface area contributed by atoms with Gasteiger partial charge in [-0.2, -0.15) is 0 Å². The Bertz CT molecular complexity index is 1090. The van der Waals surface area contributed by atoms with E-state index in [0.29, 0.717) is 0 Å². The molecule has 110 valence electrons. The summed E-state index contributed by atoms with van der Waals surface area (Å²) in [5.41, 5.74) is 5.17. The maximum absolute atomic E-state index is 11.6. The first-order chi connectivity index (χ1) is 11.2. The topological polar surface area (TPSA) is 65.7 Å². The average molecular weight is 300 g/mol. The normalized spacial score (nSPS) is 11.3. The monoisotopic (exact) mass is 300 g/mol. The summed E-state index contributed by atoms with van der Waals surface area (Å²) in [7, 11) is 0. The molecule has 4 rings (SSSR count). The Hall–Kier alpha value is -3.32. The van der Waals surface area contributed by atoms with Crippen molar-refractivity contribution in [3.8, 4) is 23.0 Å². The zero-order valence-electron chi connectivity index (χ0n) is 12.1. The van der Waals surface area contributed by atoms with Gasteiger partial charge in [0.25, 0.3) is 5.56 Å². The van der Waals surface area contributed by atoms with Crippen LogP contribution in [0.3, 0.4) is 0 Å². The summed E-state index contributed by atoms with van der Waals surface area (Å²) in [5.74, 6) is 5.79. The molecule has 0 fully saturated rings. The lowest BCUT2D eigenvalue weighted by molar-refractivity contribution is 1.03. The largest absolute Gasteiger partial charge is 0.325 e. The molecule has 0 atom stereocenters. The molecule has 0 saturated heterocycles. The van der Waals surface area contributed by atoms with Gasteiger partial charge in [0.15, 0.2) is 0 Å². The minimum atomic E-state index is -0.532. The Balaban J connectivity index is 1.71. The highest BCUT2D eigenvalue weighted by Gasteiger charge is 2.17. The first-order valence-electron chi connectivity index (χ1n) is 7.26. The fourth-order valence-corrected chi connectivity index (χ4v) is 2.87. The number of hydrogen-bond acceptors (Lipinski definition) is 2. The standard InChI is InChI=1S/C19H12N2O2/c22-18-14(11-20-19(23)21-18)7-5-12-6-8-17-15(9-12)10-13-3-1-2-4-16(13)17/h1-4,6,8-9,11H,10H2,(H2,20,21,22,23). The van der Waals surface area contributed by atoms with Crippen molar-refractivity contribution in [3.63, 3.8) is 0 Å². The molecule has 4 nitrogen and oxygen atoms in total. The van der Waals surface area contributed by atoms with Gasteiger partial charge in [0.05, 0.1) is 0 Å². The molecule has 3 aromatic rings. The number of rotatable bonds is 0. The Kier molecular flexibility index (Phi) is 2.99. The summed E-state index contributed by atoms with van der Waals surface area (Å²) in [6.45, 7) is 0. The molecular weight excluding hydrogens is 288 g/mol. The predicted octanol–water partition coefficient (Wildman–Crippen LogP) is 2.03. The lowest BCUT2D eigenvalue weighted by Crippen LogP contribution is -2.23. The number of nitrogens with one attached hydrogen (secondary N) is 2. The minimum absolute atomic E-state index is 0.244. The molecule has 23 heavy (non-hydrogen) atoms. The van der Waals surface area contributed by atoms with Gasteiger partial charge in [-0.05, 0) is 40.8 Å². The van der Waals surface area contributed by atoms with Gasteiger partial charge in [-0.25, -0.2) is 4.79 Å². The van der Waals surface area contributed by atoms with Crippen molar-refractivity contribution < 1.29 is 0 Å². The summed E-state index contributed by atoms with van der Waals surface area (Å²) in [4.78, 5) is 27.2. The highest BCUT2D eigenvalue weighted by molar-refractivity contribution is 5.77. The van der Waals surface area contributed by atoms with Crippen LogP contribution in [0.1, 0.15) is 22.3 Å². The van der Waals surface area contributed by atoms with Gasteiger partial charge in [-0.15, -0.1) is 0 Å². The fourth-order valence-electron chi connectivity index (χ4n) is 2.87. The Morgan fingerprint density at radius 3 is 2.61 bits per heavy atom.